The van der Waals surface area contributed by atoms with Gasteiger partial charge in [-0.2, -0.15) is 0 Å². The second-order valence-electron chi connectivity index (χ2n) is 8.00. The lowest BCUT2D eigenvalue weighted by molar-refractivity contribution is -0.147. The molecule has 2 saturated heterocycles. The van der Waals surface area contributed by atoms with Crippen molar-refractivity contribution in [1.82, 2.24) is 20.4 Å². The molecule has 170 valence electrons. The SMILES string of the molecule is CCNC(=NCCN1C(=O)CCCC1=O)NC1CCN(Cc2ccc(F)c(F)c2)CC1. The highest BCUT2D eigenvalue weighted by atomic mass is 19.2. The molecule has 7 nitrogen and oxygen atoms in total. The van der Waals surface area contributed by atoms with E-state index in [1.165, 1.54) is 17.0 Å². The van der Waals surface area contributed by atoms with Gasteiger partial charge in [-0.05, 0) is 43.9 Å². The lowest BCUT2D eigenvalue weighted by Crippen LogP contribution is -2.49. The van der Waals surface area contributed by atoms with Crippen LogP contribution in [-0.4, -0.2) is 66.3 Å². The molecule has 2 N–H and O–H groups in total. The number of nitrogens with one attached hydrogen (secondary N) is 2. The fourth-order valence-corrected chi connectivity index (χ4v) is 3.96. The minimum atomic E-state index is -0.823. The maximum absolute atomic E-state index is 13.4. The van der Waals surface area contributed by atoms with E-state index in [9.17, 15) is 18.4 Å². The molecule has 2 aliphatic heterocycles. The summed E-state index contributed by atoms with van der Waals surface area (Å²) in [5.41, 5.74) is 0.766. The van der Waals surface area contributed by atoms with E-state index < -0.39 is 11.6 Å². The van der Waals surface area contributed by atoms with E-state index in [0.717, 1.165) is 31.5 Å². The Hall–Kier alpha value is -2.55. The van der Waals surface area contributed by atoms with Crippen molar-refractivity contribution in [3.63, 3.8) is 0 Å². The highest BCUT2D eigenvalue weighted by Gasteiger charge is 2.25. The van der Waals surface area contributed by atoms with E-state index in [4.69, 9.17) is 0 Å². The quantitative estimate of drug-likeness (QED) is 0.389. The first-order valence-corrected chi connectivity index (χ1v) is 11.0. The molecule has 2 aliphatic rings. The number of guanidine groups is 1. The Morgan fingerprint density at radius 3 is 2.48 bits per heavy atom. The van der Waals surface area contributed by atoms with Crippen molar-refractivity contribution in [2.24, 2.45) is 4.99 Å². The van der Waals surface area contributed by atoms with Gasteiger partial charge in [0.15, 0.2) is 17.6 Å². The molecule has 31 heavy (non-hydrogen) atoms. The number of amides is 2. The Balaban J connectivity index is 1.46. The molecule has 9 heteroatoms. The van der Waals surface area contributed by atoms with Crippen molar-refractivity contribution < 1.29 is 18.4 Å². The number of imide groups is 1. The number of piperidine rings is 2. The van der Waals surface area contributed by atoms with E-state index in [-0.39, 0.29) is 17.9 Å². The van der Waals surface area contributed by atoms with Gasteiger partial charge in [0.2, 0.25) is 11.8 Å². The summed E-state index contributed by atoms with van der Waals surface area (Å²) in [6, 6.07) is 4.30. The fourth-order valence-electron chi connectivity index (χ4n) is 3.96. The monoisotopic (exact) mass is 435 g/mol. The number of hydrogen-bond acceptors (Lipinski definition) is 4. The molecule has 3 rings (SSSR count). The highest BCUT2D eigenvalue weighted by molar-refractivity contribution is 5.97. The van der Waals surface area contributed by atoms with Gasteiger partial charge in [-0.25, -0.2) is 8.78 Å². The molecule has 2 heterocycles. The highest BCUT2D eigenvalue weighted by Crippen LogP contribution is 2.16. The maximum atomic E-state index is 13.4. The van der Waals surface area contributed by atoms with E-state index in [1.54, 1.807) is 6.07 Å². The van der Waals surface area contributed by atoms with Gasteiger partial charge in [-0.3, -0.25) is 24.4 Å². The van der Waals surface area contributed by atoms with Crippen LogP contribution in [0.25, 0.3) is 0 Å². The Bertz CT molecular complexity index is 793. The van der Waals surface area contributed by atoms with Crippen molar-refractivity contribution in [2.45, 2.75) is 51.6 Å². The number of nitrogens with zero attached hydrogens (tertiary/aromatic N) is 3. The average Bonchev–Trinajstić information content (AvgIpc) is 2.74. The van der Waals surface area contributed by atoms with Crippen LogP contribution in [0.5, 0.6) is 0 Å². The number of hydrogen-bond donors (Lipinski definition) is 2. The number of halogens is 2. The Morgan fingerprint density at radius 1 is 1.13 bits per heavy atom. The van der Waals surface area contributed by atoms with Crippen LogP contribution in [0.3, 0.4) is 0 Å². The zero-order valence-corrected chi connectivity index (χ0v) is 18.0. The van der Waals surface area contributed by atoms with Crippen molar-refractivity contribution in [3.8, 4) is 0 Å². The predicted molar refractivity (Wildman–Crippen MR) is 114 cm³/mol. The van der Waals surface area contributed by atoms with Crippen LogP contribution in [0.15, 0.2) is 23.2 Å². The summed E-state index contributed by atoms with van der Waals surface area (Å²) in [6.45, 7) is 5.64. The van der Waals surface area contributed by atoms with E-state index >= 15 is 0 Å². The van der Waals surface area contributed by atoms with Crippen molar-refractivity contribution in [2.75, 3.05) is 32.7 Å². The summed E-state index contributed by atoms with van der Waals surface area (Å²) < 4.78 is 26.5. The summed E-state index contributed by atoms with van der Waals surface area (Å²) in [5.74, 6) is -1.18. The molecular formula is C22H31F2N5O2. The van der Waals surface area contributed by atoms with Crippen LogP contribution >= 0.6 is 0 Å². The molecule has 1 aromatic rings. The molecule has 0 spiro atoms. The summed E-state index contributed by atoms with van der Waals surface area (Å²) in [6.07, 6.45) is 3.29. The van der Waals surface area contributed by atoms with Crippen molar-refractivity contribution >= 4 is 17.8 Å². The van der Waals surface area contributed by atoms with Crippen LogP contribution in [0.4, 0.5) is 8.78 Å². The maximum Gasteiger partial charge on any atom is 0.229 e. The number of carbonyl (C=O) groups is 2. The molecule has 0 atom stereocenters. The molecule has 0 bridgehead atoms. The molecule has 0 radical (unpaired) electrons. The number of benzene rings is 1. The molecule has 2 fully saturated rings. The van der Waals surface area contributed by atoms with Crippen molar-refractivity contribution in [1.29, 1.82) is 0 Å². The average molecular weight is 436 g/mol. The van der Waals surface area contributed by atoms with E-state index in [1.807, 2.05) is 6.92 Å². The van der Waals surface area contributed by atoms with Gasteiger partial charge < -0.3 is 10.6 Å². The first-order chi connectivity index (χ1) is 15.0. The largest absolute Gasteiger partial charge is 0.357 e. The fraction of sp³-hybridized carbons (Fsp3) is 0.591. The summed E-state index contributed by atoms with van der Waals surface area (Å²) in [5, 5.41) is 6.64. The topological polar surface area (TPSA) is 77.0 Å². The van der Waals surface area contributed by atoms with E-state index in [0.29, 0.717) is 51.4 Å². The standard InChI is InChI=1S/C22H31F2N5O2/c1-2-25-22(26-10-13-29-20(30)4-3-5-21(29)31)27-17-8-11-28(12-9-17)15-16-6-7-18(23)19(24)14-16/h6-7,14,17H,2-5,8-13,15H2,1H3,(H2,25,26,27). The minimum Gasteiger partial charge on any atom is -0.357 e. The van der Waals surface area contributed by atoms with Crippen LogP contribution in [0, 0.1) is 11.6 Å². The second kappa shape index (κ2) is 11.2. The first kappa shape index (κ1) is 23.1. The van der Waals surface area contributed by atoms with Gasteiger partial charge in [0.25, 0.3) is 0 Å². The molecular weight excluding hydrogens is 404 g/mol. The zero-order chi connectivity index (χ0) is 22.2. The Kier molecular flexibility index (Phi) is 8.34. The Labute approximate surface area is 181 Å². The third-order valence-electron chi connectivity index (χ3n) is 5.64. The third-order valence-corrected chi connectivity index (χ3v) is 5.64. The van der Waals surface area contributed by atoms with Gasteiger partial charge in [-0.15, -0.1) is 0 Å². The zero-order valence-electron chi connectivity index (χ0n) is 18.0. The lowest BCUT2D eigenvalue weighted by Gasteiger charge is -2.33. The molecule has 0 unspecified atom stereocenters. The smallest absolute Gasteiger partial charge is 0.229 e. The number of likely N-dealkylation sites (tertiary alicyclic amines) is 2. The number of carbonyl (C=O) groups excluding carboxylic acids is 2. The first-order valence-electron chi connectivity index (χ1n) is 11.0. The minimum absolute atomic E-state index is 0.113. The van der Waals surface area contributed by atoms with Crippen LogP contribution in [0.1, 0.15) is 44.6 Å². The summed E-state index contributed by atoms with van der Waals surface area (Å²) in [4.78, 5) is 31.9. The third kappa shape index (κ3) is 6.72. The summed E-state index contributed by atoms with van der Waals surface area (Å²) >= 11 is 0. The van der Waals surface area contributed by atoms with Gasteiger partial charge in [0.05, 0.1) is 6.54 Å². The molecule has 1 aromatic carbocycles. The van der Waals surface area contributed by atoms with E-state index in [2.05, 4.69) is 20.5 Å². The molecule has 2 amide bonds. The van der Waals surface area contributed by atoms with Gasteiger partial charge in [0, 0.05) is 51.6 Å². The van der Waals surface area contributed by atoms with Crippen molar-refractivity contribution in [3.05, 3.63) is 35.4 Å². The van der Waals surface area contributed by atoms with Gasteiger partial charge in [0.1, 0.15) is 0 Å². The van der Waals surface area contributed by atoms with Gasteiger partial charge >= 0.3 is 0 Å². The number of aliphatic imine (C=N–C) groups is 1. The van der Waals surface area contributed by atoms with Crippen LogP contribution < -0.4 is 10.6 Å². The molecule has 0 saturated carbocycles. The lowest BCUT2D eigenvalue weighted by atomic mass is 10.0. The van der Waals surface area contributed by atoms with Crippen LogP contribution in [-0.2, 0) is 16.1 Å². The summed E-state index contributed by atoms with van der Waals surface area (Å²) in [7, 11) is 0. The predicted octanol–water partition coefficient (Wildman–Crippen LogP) is 2.02. The normalized spacial score (nSPS) is 19.1. The number of rotatable bonds is 7. The molecule has 0 aliphatic carbocycles. The van der Waals surface area contributed by atoms with Crippen LogP contribution in [0.2, 0.25) is 0 Å². The Morgan fingerprint density at radius 2 is 1.84 bits per heavy atom. The van der Waals surface area contributed by atoms with Gasteiger partial charge in [-0.1, -0.05) is 6.07 Å². The molecule has 0 aromatic heterocycles. The second-order valence-corrected chi connectivity index (χ2v) is 8.00.